The van der Waals surface area contributed by atoms with E-state index >= 15 is 0 Å². The van der Waals surface area contributed by atoms with Crippen LogP contribution in [0.25, 0.3) is 0 Å². The molecule has 1 saturated heterocycles. The minimum atomic E-state index is -0.0697. The number of rotatable bonds is 6. The smallest absolute Gasteiger partial charge is 0.257 e. The van der Waals surface area contributed by atoms with E-state index in [2.05, 4.69) is 10.2 Å². The number of hydrogen-bond acceptors (Lipinski definition) is 5. The normalized spacial score (nSPS) is 14.8. The summed E-state index contributed by atoms with van der Waals surface area (Å²) < 4.78 is 5.28. The minimum Gasteiger partial charge on any atom is -0.496 e. The van der Waals surface area contributed by atoms with E-state index < -0.39 is 0 Å². The van der Waals surface area contributed by atoms with Crippen LogP contribution in [0.4, 0.5) is 0 Å². The van der Waals surface area contributed by atoms with Gasteiger partial charge in [-0.15, -0.1) is 0 Å². The van der Waals surface area contributed by atoms with E-state index in [1.165, 1.54) is 11.3 Å². The predicted octanol–water partition coefficient (Wildman–Crippen LogP) is 2.60. The molecule has 2 aromatic rings. The molecule has 3 rings (SSSR count). The lowest BCUT2D eigenvalue weighted by Crippen LogP contribution is -2.50. The molecule has 0 radical (unpaired) electrons. The number of amides is 2. The number of benzene rings is 1. The first-order valence-electron chi connectivity index (χ1n) is 8.74. The van der Waals surface area contributed by atoms with E-state index in [0.717, 1.165) is 19.6 Å². The fraction of sp³-hybridized carbons (Fsp3) is 0.368. The molecule has 0 saturated carbocycles. The third-order valence-electron chi connectivity index (χ3n) is 4.55. The molecule has 1 aromatic carbocycles. The van der Waals surface area contributed by atoms with Crippen LogP contribution in [0.2, 0.25) is 5.02 Å². The molecule has 2 amide bonds. The maximum atomic E-state index is 12.8. The molecule has 6 nitrogen and oxygen atoms in total. The van der Waals surface area contributed by atoms with Gasteiger partial charge < -0.3 is 15.0 Å². The van der Waals surface area contributed by atoms with Gasteiger partial charge in [0.05, 0.1) is 12.7 Å². The van der Waals surface area contributed by atoms with Crippen LogP contribution in [0.5, 0.6) is 5.75 Å². The Morgan fingerprint density at radius 3 is 2.67 bits per heavy atom. The first kappa shape index (κ1) is 19.7. The van der Waals surface area contributed by atoms with Crippen molar-refractivity contribution >= 4 is 34.8 Å². The summed E-state index contributed by atoms with van der Waals surface area (Å²) in [7, 11) is 1.54. The predicted molar refractivity (Wildman–Crippen MR) is 107 cm³/mol. The standard InChI is InChI=1S/C19H22ClN3O3S/c1-26-17-3-2-15(20)12-16(17)19(25)23-9-7-22(8-10-23)6-5-21-18(24)14-4-11-27-13-14/h2-4,11-13H,5-10H2,1H3,(H,21,24). The van der Waals surface area contributed by atoms with Crippen molar-refractivity contribution in [1.82, 2.24) is 15.1 Å². The van der Waals surface area contributed by atoms with Crippen LogP contribution < -0.4 is 10.1 Å². The molecule has 27 heavy (non-hydrogen) atoms. The third kappa shape index (κ3) is 5.00. The topological polar surface area (TPSA) is 61.9 Å². The second kappa shape index (κ2) is 9.21. The summed E-state index contributed by atoms with van der Waals surface area (Å²) in [4.78, 5) is 28.8. The number of methoxy groups -OCH3 is 1. The molecule has 0 bridgehead atoms. The molecule has 1 N–H and O–H groups in total. The van der Waals surface area contributed by atoms with Gasteiger partial charge in [-0.25, -0.2) is 0 Å². The molecule has 0 spiro atoms. The van der Waals surface area contributed by atoms with Crippen molar-refractivity contribution in [2.45, 2.75) is 0 Å². The summed E-state index contributed by atoms with van der Waals surface area (Å²) in [6.07, 6.45) is 0. The number of carbonyl (C=O) groups is 2. The van der Waals surface area contributed by atoms with Crippen molar-refractivity contribution in [2.75, 3.05) is 46.4 Å². The highest BCUT2D eigenvalue weighted by atomic mass is 35.5. The highest BCUT2D eigenvalue weighted by Crippen LogP contribution is 2.24. The van der Waals surface area contributed by atoms with Crippen LogP contribution in [0, 0.1) is 0 Å². The molecule has 0 unspecified atom stereocenters. The van der Waals surface area contributed by atoms with Crippen LogP contribution in [0.1, 0.15) is 20.7 Å². The van der Waals surface area contributed by atoms with Crippen LogP contribution in [0.15, 0.2) is 35.0 Å². The molecule has 1 aliphatic heterocycles. The molecule has 8 heteroatoms. The molecular weight excluding hydrogens is 386 g/mol. The monoisotopic (exact) mass is 407 g/mol. The van der Waals surface area contributed by atoms with Gasteiger partial charge in [-0.05, 0) is 29.6 Å². The molecule has 2 heterocycles. The van der Waals surface area contributed by atoms with Gasteiger partial charge in [0.2, 0.25) is 0 Å². The number of nitrogens with one attached hydrogen (secondary N) is 1. The van der Waals surface area contributed by atoms with Crippen molar-refractivity contribution in [3.63, 3.8) is 0 Å². The van der Waals surface area contributed by atoms with E-state index in [1.807, 2.05) is 21.7 Å². The lowest BCUT2D eigenvalue weighted by Gasteiger charge is -2.35. The Hall–Kier alpha value is -2.09. The minimum absolute atomic E-state index is 0.0434. The largest absolute Gasteiger partial charge is 0.496 e. The SMILES string of the molecule is COc1ccc(Cl)cc1C(=O)N1CCN(CCNC(=O)c2ccsc2)CC1. The zero-order valence-corrected chi connectivity index (χ0v) is 16.7. The van der Waals surface area contributed by atoms with Crippen molar-refractivity contribution in [1.29, 1.82) is 0 Å². The lowest BCUT2D eigenvalue weighted by molar-refractivity contribution is 0.0635. The zero-order chi connectivity index (χ0) is 19.2. The first-order valence-corrected chi connectivity index (χ1v) is 10.1. The maximum absolute atomic E-state index is 12.8. The highest BCUT2D eigenvalue weighted by molar-refractivity contribution is 7.08. The summed E-state index contributed by atoms with van der Waals surface area (Å²) in [6.45, 7) is 4.15. The second-order valence-electron chi connectivity index (χ2n) is 6.25. The quantitative estimate of drug-likeness (QED) is 0.799. The van der Waals surface area contributed by atoms with Gasteiger partial charge >= 0.3 is 0 Å². The number of ether oxygens (including phenoxy) is 1. The van der Waals surface area contributed by atoms with Crippen LogP contribution >= 0.6 is 22.9 Å². The van der Waals surface area contributed by atoms with Gasteiger partial charge in [-0.1, -0.05) is 11.6 Å². The zero-order valence-electron chi connectivity index (χ0n) is 15.1. The first-order chi connectivity index (χ1) is 13.1. The van der Waals surface area contributed by atoms with E-state index in [4.69, 9.17) is 16.3 Å². The van der Waals surface area contributed by atoms with Gasteiger partial charge in [-0.2, -0.15) is 11.3 Å². The summed E-state index contributed by atoms with van der Waals surface area (Å²) >= 11 is 7.54. The maximum Gasteiger partial charge on any atom is 0.257 e. The summed E-state index contributed by atoms with van der Waals surface area (Å²) in [5.41, 5.74) is 1.19. The summed E-state index contributed by atoms with van der Waals surface area (Å²) in [6, 6.07) is 6.88. The van der Waals surface area contributed by atoms with Crippen molar-refractivity contribution in [2.24, 2.45) is 0 Å². The van der Waals surface area contributed by atoms with Gasteiger partial charge in [0.1, 0.15) is 5.75 Å². The van der Waals surface area contributed by atoms with Gasteiger partial charge in [0, 0.05) is 55.2 Å². The van der Waals surface area contributed by atoms with E-state index in [-0.39, 0.29) is 11.8 Å². The van der Waals surface area contributed by atoms with Gasteiger partial charge in [-0.3, -0.25) is 14.5 Å². The van der Waals surface area contributed by atoms with Crippen molar-refractivity contribution < 1.29 is 14.3 Å². The van der Waals surface area contributed by atoms with E-state index in [1.54, 1.807) is 25.3 Å². The number of nitrogens with zero attached hydrogens (tertiary/aromatic N) is 2. The van der Waals surface area contributed by atoms with Crippen molar-refractivity contribution in [3.8, 4) is 5.75 Å². The number of piperazine rings is 1. The fourth-order valence-corrected chi connectivity index (χ4v) is 3.82. The Morgan fingerprint density at radius 2 is 2.00 bits per heavy atom. The van der Waals surface area contributed by atoms with Crippen LogP contribution in [-0.2, 0) is 0 Å². The fourth-order valence-electron chi connectivity index (χ4n) is 3.02. The van der Waals surface area contributed by atoms with Crippen LogP contribution in [0.3, 0.4) is 0 Å². The molecule has 0 aliphatic carbocycles. The number of thiophene rings is 1. The number of hydrogen-bond donors (Lipinski definition) is 1. The molecule has 1 aliphatic rings. The number of halogens is 1. The Bertz CT molecular complexity index is 790. The molecule has 1 aromatic heterocycles. The van der Waals surface area contributed by atoms with Crippen molar-refractivity contribution in [3.05, 3.63) is 51.2 Å². The van der Waals surface area contributed by atoms with Gasteiger partial charge in [0.15, 0.2) is 0 Å². The third-order valence-corrected chi connectivity index (χ3v) is 5.47. The van der Waals surface area contributed by atoms with Crippen LogP contribution in [-0.4, -0.2) is 68.0 Å². The lowest BCUT2D eigenvalue weighted by atomic mass is 10.1. The van der Waals surface area contributed by atoms with E-state index in [9.17, 15) is 9.59 Å². The number of carbonyl (C=O) groups excluding carboxylic acids is 2. The highest BCUT2D eigenvalue weighted by Gasteiger charge is 2.24. The average molecular weight is 408 g/mol. The Labute approximate surface area is 167 Å². The average Bonchev–Trinajstić information content (AvgIpc) is 3.23. The molecule has 1 fully saturated rings. The molecule has 144 valence electrons. The Balaban J connectivity index is 1.47. The molecule has 0 atom stereocenters. The molecular formula is C19H22ClN3O3S. The van der Waals surface area contributed by atoms with Gasteiger partial charge in [0.25, 0.3) is 11.8 Å². The summed E-state index contributed by atoms with van der Waals surface area (Å²) in [5.74, 6) is 0.417. The summed E-state index contributed by atoms with van der Waals surface area (Å²) in [5, 5.41) is 7.17. The Kier molecular flexibility index (Phi) is 6.71. The Morgan fingerprint density at radius 1 is 1.22 bits per heavy atom. The second-order valence-corrected chi connectivity index (χ2v) is 7.46. The van der Waals surface area contributed by atoms with E-state index in [0.29, 0.717) is 41.5 Å².